The molecule has 9 heteroatoms. The number of amides is 2. The van der Waals surface area contributed by atoms with Crippen molar-refractivity contribution in [3.05, 3.63) is 65.8 Å². The number of nitrogens with one attached hydrogen (secondary N) is 1. The molecule has 0 atom stereocenters. The fraction of sp³-hybridized carbons (Fsp3) is 0.381. The van der Waals surface area contributed by atoms with Crippen LogP contribution in [-0.4, -0.2) is 49.5 Å². The second kappa shape index (κ2) is 8.89. The lowest BCUT2D eigenvalue weighted by molar-refractivity contribution is -0.126. The third-order valence-corrected chi connectivity index (χ3v) is 5.26. The smallest absolute Gasteiger partial charge is 0.253 e. The zero-order valence-electron chi connectivity index (χ0n) is 16.8. The fourth-order valence-electron chi connectivity index (χ4n) is 3.59. The van der Waals surface area contributed by atoms with Gasteiger partial charge in [0.25, 0.3) is 5.91 Å². The molecule has 1 aliphatic heterocycles. The number of rotatable bonds is 6. The van der Waals surface area contributed by atoms with Gasteiger partial charge in [-0.25, -0.2) is 4.98 Å². The molecule has 0 radical (unpaired) electrons. The van der Waals surface area contributed by atoms with Crippen molar-refractivity contribution in [3.63, 3.8) is 0 Å². The van der Waals surface area contributed by atoms with E-state index in [1.165, 1.54) is 0 Å². The maximum absolute atomic E-state index is 12.8. The fourth-order valence-corrected chi connectivity index (χ4v) is 3.59. The summed E-state index contributed by atoms with van der Waals surface area (Å²) in [6.45, 7) is 3.80. The molecule has 0 bridgehead atoms. The Labute approximate surface area is 174 Å². The van der Waals surface area contributed by atoms with Gasteiger partial charge in [-0.05, 0) is 37.5 Å². The Morgan fingerprint density at radius 2 is 1.97 bits per heavy atom. The van der Waals surface area contributed by atoms with Gasteiger partial charge in [0.15, 0.2) is 5.82 Å². The summed E-state index contributed by atoms with van der Waals surface area (Å²) >= 11 is 0. The molecule has 1 aliphatic rings. The molecular weight excluding hydrogens is 384 g/mol. The van der Waals surface area contributed by atoms with Crippen molar-refractivity contribution in [2.75, 3.05) is 13.1 Å². The number of carbonyl (C=O) groups is 2. The van der Waals surface area contributed by atoms with E-state index in [0.29, 0.717) is 43.2 Å². The number of aromatic nitrogens is 4. The third kappa shape index (κ3) is 4.73. The second-order valence-corrected chi connectivity index (χ2v) is 7.45. The van der Waals surface area contributed by atoms with Crippen molar-refractivity contribution in [2.24, 2.45) is 5.92 Å². The highest BCUT2D eigenvalue weighted by atomic mass is 16.5. The quantitative estimate of drug-likeness (QED) is 0.667. The van der Waals surface area contributed by atoms with Crippen LogP contribution in [0, 0.1) is 12.8 Å². The predicted molar refractivity (Wildman–Crippen MR) is 107 cm³/mol. The number of aryl methyl sites for hydroxylation is 1. The molecule has 0 saturated carbocycles. The summed E-state index contributed by atoms with van der Waals surface area (Å²) in [5.74, 6) is 0.785. The highest BCUT2D eigenvalue weighted by Crippen LogP contribution is 2.20. The summed E-state index contributed by atoms with van der Waals surface area (Å²) in [4.78, 5) is 35.1. The van der Waals surface area contributed by atoms with Gasteiger partial charge in [0.1, 0.15) is 0 Å². The minimum absolute atomic E-state index is 0.00405. The van der Waals surface area contributed by atoms with Crippen LogP contribution in [0.15, 0.2) is 47.5 Å². The number of benzene rings is 1. The van der Waals surface area contributed by atoms with Crippen LogP contribution >= 0.6 is 0 Å². The van der Waals surface area contributed by atoms with Gasteiger partial charge in [0, 0.05) is 43.5 Å². The summed E-state index contributed by atoms with van der Waals surface area (Å²) in [6, 6.07) is 7.65. The average Bonchev–Trinajstić information content (AvgIpc) is 3.44. The first-order valence-electron chi connectivity index (χ1n) is 9.99. The highest BCUT2D eigenvalue weighted by Gasteiger charge is 2.28. The Kier molecular flexibility index (Phi) is 5.87. The number of nitrogens with zero attached hydrogens (tertiary/aromatic N) is 5. The lowest BCUT2D eigenvalue weighted by Gasteiger charge is -2.31. The Morgan fingerprint density at radius 1 is 1.20 bits per heavy atom. The molecule has 0 unspecified atom stereocenters. The monoisotopic (exact) mass is 408 g/mol. The zero-order valence-corrected chi connectivity index (χ0v) is 16.8. The lowest BCUT2D eigenvalue weighted by Crippen LogP contribution is -2.43. The number of piperidine rings is 1. The lowest BCUT2D eigenvalue weighted by atomic mass is 9.95. The van der Waals surface area contributed by atoms with Crippen molar-refractivity contribution in [1.29, 1.82) is 0 Å². The van der Waals surface area contributed by atoms with E-state index in [1.54, 1.807) is 19.4 Å². The number of imidazole rings is 1. The Balaban J connectivity index is 1.26. The summed E-state index contributed by atoms with van der Waals surface area (Å²) in [5, 5.41) is 6.54. The molecule has 156 valence electrons. The van der Waals surface area contributed by atoms with E-state index in [4.69, 9.17) is 4.52 Å². The van der Waals surface area contributed by atoms with Crippen LogP contribution in [0.25, 0.3) is 0 Å². The maximum Gasteiger partial charge on any atom is 0.253 e. The van der Waals surface area contributed by atoms with E-state index >= 15 is 0 Å². The Morgan fingerprint density at radius 3 is 2.60 bits per heavy atom. The first-order valence-corrected chi connectivity index (χ1v) is 9.99. The molecule has 3 heterocycles. The molecule has 1 N–H and O–H groups in total. The topological polar surface area (TPSA) is 106 Å². The molecule has 9 nitrogen and oxygen atoms in total. The van der Waals surface area contributed by atoms with Gasteiger partial charge in [0.05, 0.1) is 12.9 Å². The van der Waals surface area contributed by atoms with Crippen LogP contribution in [0.5, 0.6) is 0 Å². The largest absolute Gasteiger partial charge is 0.347 e. The van der Waals surface area contributed by atoms with Gasteiger partial charge in [-0.2, -0.15) is 4.98 Å². The van der Waals surface area contributed by atoms with Crippen LogP contribution in [-0.2, 0) is 17.9 Å². The van der Waals surface area contributed by atoms with Gasteiger partial charge >= 0.3 is 0 Å². The molecular formula is C21H24N6O3. The van der Waals surface area contributed by atoms with E-state index < -0.39 is 0 Å². The second-order valence-electron chi connectivity index (χ2n) is 7.45. The van der Waals surface area contributed by atoms with Gasteiger partial charge in [-0.3, -0.25) is 9.59 Å². The van der Waals surface area contributed by atoms with Crippen molar-refractivity contribution >= 4 is 11.8 Å². The van der Waals surface area contributed by atoms with Crippen LogP contribution in [0.3, 0.4) is 0 Å². The van der Waals surface area contributed by atoms with Crippen molar-refractivity contribution < 1.29 is 14.1 Å². The van der Waals surface area contributed by atoms with Crippen LogP contribution in [0.1, 0.15) is 40.5 Å². The third-order valence-electron chi connectivity index (χ3n) is 5.26. The number of hydrogen-bond donors (Lipinski definition) is 1. The summed E-state index contributed by atoms with van der Waals surface area (Å²) in [7, 11) is 0. The molecule has 0 aliphatic carbocycles. The van der Waals surface area contributed by atoms with E-state index in [-0.39, 0.29) is 24.3 Å². The summed E-state index contributed by atoms with van der Waals surface area (Å²) in [6.07, 6.45) is 6.69. The molecule has 1 saturated heterocycles. The van der Waals surface area contributed by atoms with Crippen molar-refractivity contribution in [2.45, 2.75) is 32.9 Å². The molecule has 4 rings (SSSR count). The van der Waals surface area contributed by atoms with E-state index in [1.807, 2.05) is 39.9 Å². The van der Waals surface area contributed by atoms with Crippen molar-refractivity contribution in [1.82, 2.24) is 29.9 Å². The number of hydrogen-bond acceptors (Lipinski definition) is 6. The Hall–Kier alpha value is -3.49. The summed E-state index contributed by atoms with van der Waals surface area (Å²) < 4.78 is 6.98. The molecule has 1 aromatic carbocycles. The van der Waals surface area contributed by atoms with Gasteiger partial charge in [-0.1, -0.05) is 17.3 Å². The van der Waals surface area contributed by atoms with Gasteiger partial charge in [0.2, 0.25) is 11.8 Å². The average molecular weight is 408 g/mol. The van der Waals surface area contributed by atoms with Crippen LogP contribution in [0.2, 0.25) is 0 Å². The number of likely N-dealkylation sites (tertiary alicyclic amines) is 1. The van der Waals surface area contributed by atoms with E-state index in [2.05, 4.69) is 20.4 Å². The summed E-state index contributed by atoms with van der Waals surface area (Å²) in [5.41, 5.74) is 1.77. The number of carbonyl (C=O) groups excluding carboxylic acids is 2. The first-order chi connectivity index (χ1) is 14.6. The molecule has 2 amide bonds. The van der Waals surface area contributed by atoms with Gasteiger partial charge in [-0.15, -0.1) is 0 Å². The predicted octanol–water partition coefficient (Wildman–Crippen LogP) is 1.79. The minimum Gasteiger partial charge on any atom is -0.347 e. The van der Waals surface area contributed by atoms with Crippen molar-refractivity contribution in [3.8, 4) is 0 Å². The van der Waals surface area contributed by atoms with Crippen LogP contribution in [0.4, 0.5) is 0 Å². The van der Waals surface area contributed by atoms with E-state index in [9.17, 15) is 9.59 Å². The molecule has 2 aromatic heterocycles. The first kappa shape index (κ1) is 19.8. The van der Waals surface area contributed by atoms with Gasteiger partial charge < -0.3 is 19.3 Å². The maximum atomic E-state index is 12.8. The SMILES string of the molecule is Cc1noc(CNC(=O)C2CCN(C(=O)c3ccc(Cn4ccnc4)cc3)CC2)n1. The molecule has 1 fully saturated rings. The highest BCUT2D eigenvalue weighted by molar-refractivity contribution is 5.94. The molecule has 0 spiro atoms. The van der Waals surface area contributed by atoms with Crippen LogP contribution < -0.4 is 5.32 Å². The Bertz CT molecular complexity index is 988. The normalized spacial score (nSPS) is 14.6. The van der Waals surface area contributed by atoms with E-state index in [0.717, 1.165) is 12.1 Å². The standard InChI is InChI=1S/C21H24N6O3/c1-15-24-19(30-25-15)12-23-20(28)17-6-9-27(10-7-17)21(29)18-4-2-16(3-5-18)13-26-11-8-22-14-26/h2-5,8,11,14,17H,6-7,9-10,12-13H2,1H3,(H,23,28). The molecule has 3 aromatic rings. The molecule has 30 heavy (non-hydrogen) atoms. The zero-order chi connectivity index (χ0) is 20.9. The minimum atomic E-state index is -0.115.